The Labute approximate surface area is 130 Å². The lowest BCUT2D eigenvalue weighted by Crippen LogP contribution is -2.24. The third-order valence-electron chi connectivity index (χ3n) is 2.69. The van der Waals surface area contributed by atoms with E-state index in [0.717, 1.165) is 11.3 Å². The zero-order valence-electron chi connectivity index (χ0n) is 10.8. The Kier molecular flexibility index (Phi) is 4.62. The van der Waals surface area contributed by atoms with Gasteiger partial charge in [-0.3, -0.25) is 0 Å². The van der Waals surface area contributed by atoms with E-state index >= 15 is 0 Å². The molecule has 0 unspecified atom stereocenters. The highest BCUT2D eigenvalue weighted by molar-refractivity contribution is 7.89. The number of sulfonamides is 1. The van der Waals surface area contributed by atoms with Gasteiger partial charge in [0, 0.05) is 10.4 Å². The average Bonchev–Trinajstić information content (AvgIpc) is 2.88. The molecule has 0 aliphatic heterocycles. The predicted octanol–water partition coefficient (Wildman–Crippen LogP) is 2.28. The third-order valence-corrected chi connectivity index (χ3v) is 5.50. The molecule has 2 aromatic rings. The van der Waals surface area contributed by atoms with Crippen LogP contribution in [-0.2, 0) is 16.6 Å². The second-order valence-corrected chi connectivity index (χ2v) is 7.20. The first kappa shape index (κ1) is 15.9. The van der Waals surface area contributed by atoms with Gasteiger partial charge in [0.1, 0.15) is 5.01 Å². The van der Waals surface area contributed by atoms with Crippen LogP contribution in [0.15, 0.2) is 28.5 Å². The number of aromatic carboxylic acids is 1. The molecule has 1 aromatic carbocycles. The fourth-order valence-electron chi connectivity index (χ4n) is 1.60. The van der Waals surface area contributed by atoms with Gasteiger partial charge in [0.25, 0.3) is 0 Å². The highest BCUT2D eigenvalue weighted by atomic mass is 35.5. The van der Waals surface area contributed by atoms with Gasteiger partial charge in [0.15, 0.2) is 5.69 Å². The highest BCUT2D eigenvalue weighted by Gasteiger charge is 2.18. The number of carboxylic acid groups (broad SMARTS) is 1. The first-order valence-electron chi connectivity index (χ1n) is 5.74. The van der Waals surface area contributed by atoms with Crippen molar-refractivity contribution in [1.29, 1.82) is 0 Å². The molecular formula is C12H11ClN2O4S2. The summed E-state index contributed by atoms with van der Waals surface area (Å²) in [5, 5.41) is 10.9. The number of nitrogens with zero attached hydrogens (tertiary/aromatic N) is 1. The van der Waals surface area contributed by atoms with Crippen molar-refractivity contribution in [2.24, 2.45) is 0 Å². The van der Waals surface area contributed by atoms with Gasteiger partial charge in [0.05, 0.1) is 11.4 Å². The molecule has 0 spiro atoms. The summed E-state index contributed by atoms with van der Waals surface area (Å²) in [7, 11) is -3.74. The quantitative estimate of drug-likeness (QED) is 0.865. The molecule has 21 heavy (non-hydrogen) atoms. The lowest BCUT2D eigenvalue weighted by atomic mass is 10.2. The van der Waals surface area contributed by atoms with Crippen molar-refractivity contribution >= 4 is 38.9 Å². The van der Waals surface area contributed by atoms with Crippen LogP contribution in [0.25, 0.3) is 0 Å². The maximum absolute atomic E-state index is 12.2. The Bertz CT molecular complexity index is 786. The molecule has 0 atom stereocenters. The van der Waals surface area contributed by atoms with Crippen molar-refractivity contribution in [1.82, 2.24) is 9.71 Å². The molecule has 0 aliphatic rings. The summed E-state index contributed by atoms with van der Waals surface area (Å²) in [4.78, 5) is 14.6. The number of nitrogens with one attached hydrogen (secondary N) is 1. The average molecular weight is 347 g/mol. The molecule has 2 N–H and O–H groups in total. The van der Waals surface area contributed by atoms with Gasteiger partial charge in [-0.2, -0.15) is 0 Å². The van der Waals surface area contributed by atoms with E-state index in [4.69, 9.17) is 16.7 Å². The Balaban J connectivity index is 2.18. The Morgan fingerprint density at radius 1 is 1.48 bits per heavy atom. The van der Waals surface area contributed by atoms with Crippen molar-refractivity contribution in [3.8, 4) is 0 Å². The van der Waals surface area contributed by atoms with Crippen LogP contribution in [-0.4, -0.2) is 24.5 Å². The molecule has 0 saturated carbocycles. The van der Waals surface area contributed by atoms with Gasteiger partial charge in [-0.1, -0.05) is 17.7 Å². The number of hydrogen-bond acceptors (Lipinski definition) is 5. The zero-order valence-corrected chi connectivity index (χ0v) is 13.2. The van der Waals surface area contributed by atoms with Gasteiger partial charge in [-0.05, 0) is 24.6 Å². The number of aromatic nitrogens is 1. The number of rotatable bonds is 5. The number of thiazole rings is 1. The van der Waals surface area contributed by atoms with Crippen LogP contribution in [0.5, 0.6) is 0 Å². The van der Waals surface area contributed by atoms with Crippen LogP contribution in [0.3, 0.4) is 0 Å². The number of benzene rings is 1. The molecule has 9 heteroatoms. The number of carbonyl (C=O) groups is 1. The summed E-state index contributed by atoms with van der Waals surface area (Å²) >= 11 is 6.98. The highest BCUT2D eigenvalue weighted by Crippen LogP contribution is 2.22. The largest absolute Gasteiger partial charge is 0.476 e. The summed E-state index contributed by atoms with van der Waals surface area (Å²) in [5.41, 5.74) is 0.352. The van der Waals surface area contributed by atoms with E-state index in [0.29, 0.717) is 15.6 Å². The first-order chi connectivity index (χ1) is 9.81. The topological polar surface area (TPSA) is 96.4 Å². The monoisotopic (exact) mass is 346 g/mol. The third kappa shape index (κ3) is 3.59. The molecule has 0 amide bonds. The normalized spacial score (nSPS) is 11.5. The van der Waals surface area contributed by atoms with E-state index in [1.54, 1.807) is 19.1 Å². The molecule has 0 saturated heterocycles. The SMILES string of the molecule is Cc1c(Cl)cccc1S(=O)(=O)NCc1nc(C(=O)O)cs1. The molecule has 2 rings (SSSR count). The van der Waals surface area contributed by atoms with Crippen molar-refractivity contribution in [3.63, 3.8) is 0 Å². The molecule has 0 bridgehead atoms. The van der Waals surface area contributed by atoms with Gasteiger partial charge in [-0.25, -0.2) is 22.9 Å². The van der Waals surface area contributed by atoms with Crippen LogP contribution >= 0.6 is 22.9 Å². The van der Waals surface area contributed by atoms with E-state index in [1.807, 2.05) is 0 Å². The van der Waals surface area contributed by atoms with E-state index in [9.17, 15) is 13.2 Å². The first-order valence-corrected chi connectivity index (χ1v) is 8.48. The van der Waals surface area contributed by atoms with Gasteiger partial charge < -0.3 is 5.11 Å². The lowest BCUT2D eigenvalue weighted by molar-refractivity contribution is 0.0691. The van der Waals surface area contributed by atoms with Crippen molar-refractivity contribution in [2.75, 3.05) is 0 Å². The van der Waals surface area contributed by atoms with Crippen LogP contribution in [0, 0.1) is 6.92 Å². The van der Waals surface area contributed by atoms with Crippen molar-refractivity contribution < 1.29 is 18.3 Å². The molecule has 1 aromatic heterocycles. The minimum absolute atomic E-state index is 0.0771. The number of halogens is 1. The van der Waals surface area contributed by atoms with Gasteiger partial charge >= 0.3 is 5.97 Å². The maximum atomic E-state index is 12.2. The minimum atomic E-state index is -3.74. The summed E-state index contributed by atoms with van der Waals surface area (Å²) in [6.45, 7) is 1.54. The van der Waals surface area contributed by atoms with E-state index in [-0.39, 0.29) is 17.1 Å². The summed E-state index contributed by atoms with van der Waals surface area (Å²) in [6, 6.07) is 4.61. The minimum Gasteiger partial charge on any atom is -0.476 e. The molecule has 1 heterocycles. The predicted molar refractivity (Wildman–Crippen MR) is 79.3 cm³/mol. The van der Waals surface area contributed by atoms with E-state index in [2.05, 4.69) is 9.71 Å². The second kappa shape index (κ2) is 6.10. The van der Waals surface area contributed by atoms with Gasteiger partial charge in [0.2, 0.25) is 10.0 Å². The van der Waals surface area contributed by atoms with E-state index < -0.39 is 16.0 Å². The van der Waals surface area contributed by atoms with Crippen molar-refractivity contribution in [3.05, 3.63) is 44.9 Å². The zero-order chi connectivity index (χ0) is 15.6. The summed E-state index contributed by atoms with van der Waals surface area (Å²) < 4.78 is 26.8. The number of carboxylic acids is 1. The second-order valence-electron chi connectivity index (χ2n) is 4.12. The van der Waals surface area contributed by atoms with Gasteiger partial charge in [-0.15, -0.1) is 11.3 Å². The molecule has 6 nitrogen and oxygen atoms in total. The molecule has 0 aliphatic carbocycles. The summed E-state index contributed by atoms with van der Waals surface area (Å²) in [6.07, 6.45) is 0. The fourth-order valence-corrected chi connectivity index (χ4v) is 3.89. The lowest BCUT2D eigenvalue weighted by Gasteiger charge is -2.09. The molecular weight excluding hydrogens is 336 g/mol. The van der Waals surface area contributed by atoms with Crippen LogP contribution in [0.4, 0.5) is 0 Å². The van der Waals surface area contributed by atoms with Crippen LogP contribution < -0.4 is 4.72 Å². The Hall–Kier alpha value is -1.48. The maximum Gasteiger partial charge on any atom is 0.355 e. The number of hydrogen-bond donors (Lipinski definition) is 2. The Morgan fingerprint density at radius 2 is 2.19 bits per heavy atom. The van der Waals surface area contributed by atoms with E-state index in [1.165, 1.54) is 11.4 Å². The molecule has 112 valence electrons. The fraction of sp³-hybridized carbons (Fsp3) is 0.167. The smallest absolute Gasteiger partial charge is 0.355 e. The molecule has 0 radical (unpaired) electrons. The van der Waals surface area contributed by atoms with Crippen LogP contribution in [0.1, 0.15) is 21.1 Å². The van der Waals surface area contributed by atoms with Crippen molar-refractivity contribution in [2.45, 2.75) is 18.4 Å². The van der Waals surface area contributed by atoms with Crippen LogP contribution in [0.2, 0.25) is 5.02 Å². The standard InChI is InChI=1S/C12H11ClN2O4S2/c1-7-8(13)3-2-4-10(7)21(18,19)14-5-11-15-9(6-20-11)12(16)17/h2-4,6,14H,5H2,1H3,(H,16,17). The summed E-state index contributed by atoms with van der Waals surface area (Å²) in [5.74, 6) is -1.15. The Morgan fingerprint density at radius 3 is 2.81 bits per heavy atom. The molecule has 0 fully saturated rings.